The first-order valence-corrected chi connectivity index (χ1v) is 9.33. The van der Waals surface area contributed by atoms with Crippen molar-refractivity contribution in [2.75, 3.05) is 13.1 Å². The third-order valence-electron chi connectivity index (χ3n) is 5.58. The van der Waals surface area contributed by atoms with Gasteiger partial charge in [0.05, 0.1) is 0 Å². The molecule has 4 nitrogen and oxygen atoms in total. The van der Waals surface area contributed by atoms with Crippen LogP contribution in [0, 0.1) is 11.8 Å². The van der Waals surface area contributed by atoms with E-state index in [0.717, 1.165) is 24.6 Å². The Bertz CT molecular complexity index is 528. The van der Waals surface area contributed by atoms with Crippen molar-refractivity contribution in [1.29, 1.82) is 0 Å². The molecule has 1 aromatic carbocycles. The Hall–Kier alpha value is -1.55. The number of likely N-dealkylation sites (tertiary alicyclic amines) is 1. The fraction of sp³-hybridized carbons (Fsp3) is 0.650. The van der Waals surface area contributed by atoms with Gasteiger partial charge in [-0.2, -0.15) is 0 Å². The highest BCUT2D eigenvalue weighted by atomic mass is 16.5. The lowest BCUT2D eigenvalue weighted by molar-refractivity contribution is 0.0427. The highest BCUT2D eigenvalue weighted by molar-refractivity contribution is 5.67. The predicted molar refractivity (Wildman–Crippen MR) is 95.7 cm³/mol. The van der Waals surface area contributed by atoms with Gasteiger partial charge in [-0.05, 0) is 36.7 Å². The van der Waals surface area contributed by atoms with Crippen LogP contribution in [0.4, 0.5) is 4.79 Å². The standard InChI is InChI=1S/C20H30N2O2/c1-15(2)17-11-18(13-22(12-17)19-9-6-10-19)21-20(23)24-14-16-7-4-3-5-8-16/h3-5,7-8,15,17-19H,6,9-14H2,1-2H3,(H,21,23). The number of alkyl carbamates (subject to hydrolysis) is 1. The van der Waals surface area contributed by atoms with E-state index in [-0.39, 0.29) is 12.1 Å². The SMILES string of the molecule is CC(C)C1CC(NC(=O)OCc2ccccc2)CN(C2CCC2)C1. The molecule has 1 amide bonds. The molecule has 1 aromatic rings. The topological polar surface area (TPSA) is 41.6 Å². The molecule has 2 fully saturated rings. The number of piperidine rings is 1. The highest BCUT2D eigenvalue weighted by Gasteiger charge is 2.35. The maximum atomic E-state index is 12.2. The van der Waals surface area contributed by atoms with Gasteiger partial charge < -0.3 is 10.1 Å². The molecule has 132 valence electrons. The second-order valence-corrected chi connectivity index (χ2v) is 7.68. The lowest BCUT2D eigenvalue weighted by atomic mass is 9.82. The molecule has 3 rings (SSSR count). The van der Waals surface area contributed by atoms with Crippen molar-refractivity contribution in [2.24, 2.45) is 11.8 Å². The van der Waals surface area contributed by atoms with Gasteiger partial charge in [0.1, 0.15) is 6.61 Å². The van der Waals surface area contributed by atoms with Gasteiger partial charge >= 0.3 is 6.09 Å². The van der Waals surface area contributed by atoms with Crippen LogP contribution in [0.25, 0.3) is 0 Å². The number of rotatable bonds is 5. The maximum absolute atomic E-state index is 12.2. The summed E-state index contributed by atoms with van der Waals surface area (Å²) in [7, 11) is 0. The van der Waals surface area contributed by atoms with E-state index in [9.17, 15) is 4.79 Å². The van der Waals surface area contributed by atoms with Crippen LogP contribution in [0.3, 0.4) is 0 Å². The van der Waals surface area contributed by atoms with Crippen molar-refractivity contribution in [3.63, 3.8) is 0 Å². The smallest absolute Gasteiger partial charge is 0.407 e. The lowest BCUT2D eigenvalue weighted by Crippen LogP contribution is -2.56. The quantitative estimate of drug-likeness (QED) is 0.892. The van der Waals surface area contributed by atoms with Gasteiger partial charge in [-0.15, -0.1) is 0 Å². The average molecular weight is 330 g/mol. The molecule has 2 atom stereocenters. The van der Waals surface area contributed by atoms with Crippen molar-refractivity contribution in [3.8, 4) is 0 Å². The molecule has 1 aliphatic carbocycles. The average Bonchev–Trinajstić information content (AvgIpc) is 2.52. The minimum Gasteiger partial charge on any atom is -0.445 e. The molecule has 0 spiro atoms. The summed E-state index contributed by atoms with van der Waals surface area (Å²) < 4.78 is 5.39. The summed E-state index contributed by atoms with van der Waals surface area (Å²) in [5.41, 5.74) is 1.02. The van der Waals surface area contributed by atoms with Crippen LogP contribution in [0.5, 0.6) is 0 Å². The maximum Gasteiger partial charge on any atom is 0.407 e. The number of amides is 1. The van der Waals surface area contributed by atoms with Crippen LogP contribution in [0.15, 0.2) is 30.3 Å². The fourth-order valence-electron chi connectivity index (χ4n) is 3.74. The highest BCUT2D eigenvalue weighted by Crippen LogP contribution is 2.31. The van der Waals surface area contributed by atoms with Crippen LogP contribution < -0.4 is 5.32 Å². The van der Waals surface area contributed by atoms with Crippen LogP contribution in [-0.2, 0) is 11.3 Å². The van der Waals surface area contributed by atoms with E-state index in [1.807, 2.05) is 30.3 Å². The molecule has 0 bridgehead atoms. The zero-order chi connectivity index (χ0) is 16.9. The molecule has 1 aliphatic heterocycles. The van der Waals surface area contributed by atoms with Gasteiger partial charge in [0.2, 0.25) is 0 Å². The minimum absolute atomic E-state index is 0.204. The first-order valence-electron chi connectivity index (χ1n) is 9.33. The van der Waals surface area contributed by atoms with Gasteiger partial charge in [0.15, 0.2) is 0 Å². The monoisotopic (exact) mass is 330 g/mol. The number of ether oxygens (including phenoxy) is 1. The zero-order valence-corrected chi connectivity index (χ0v) is 14.9. The number of carbonyl (C=O) groups is 1. The Balaban J connectivity index is 1.51. The van der Waals surface area contributed by atoms with Gasteiger partial charge in [0.25, 0.3) is 0 Å². The lowest BCUT2D eigenvalue weighted by Gasteiger charge is -2.46. The molecule has 24 heavy (non-hydrogen) atoms. The molecule has 4 heteroatoms. The largest absolute Gasteiger partial charge is 0.445 e. The summed E-state index contributed by atoms with van der Waals surface area (Å²) in [5, 5.41) is 3.10. The molecular weight excluding hydrogens is 300 g/mol. The second-order valence-electron chi connectivity index (χ2n) is 7.68. The summed E-state index contributed by atoms with van der Waals surface area (Å²) in [5.74, 6) is 1.30. The summed E-state index contributed by atoms with van der Waals surface area (Å²) >= 11 is 0. The Morgan fingerprint density at radius 1 is 1.25 bits per heavy atom. The van der Waals surface area contributed by atoms with Crippen LogP contribution in [0.2, 0.25) is 0 Å². The van der Waals surface area contributed by atoms with Crippen LogP contribution in [0.1, 0.15) is 45.1 Å². The van der Waals surface area contributed by atoms with Gasteiger partial charge in [-0.3, -0.25) is 4.90 Å². The third kappa shape index (κ3) is 4.50. The van der Waals surface area contributed by atoms with E-state index in [4.69, 9.17) is 4.74 Å². The molecular formula is C20H30N2O2. The first-order chi connectivity index (χ1) is 11.6. The van der Waals surface area contributed by atoms with E-state index in [2.05, 4.69) is 24.1 Å². The van der Waals surface area contributed by atoms with Crippen LogP contribution >= 0.6 is 0 Å². The van der Waals surface area contributed by atoms with Gasteiger partial charge in [-0.25, -0.2) is 4.79 Å². The molecule has 0 radical (unpaired) electrons. The molecule has 1 saturated carbocycles. The van der Waals surface area contributed by atoms with Crippen LogP contribution in [-0.4, -0.2) is 36.2 Å². The normalized spacial score (nSPS) is 25.3. The van der Waals surface area contributed by atoms with E-state index in [0.29, 0.717) is 18.4 Å². The molecule has 0 aromatic heterocycles. The second kappa shape index (κ2) is 8.02. The Morgan fingerprint density at radius 2 is 2.00 bits per heavy atom. The molecule has 1 saturated heterocycles. The molecule has 2 aliphatic rings. The van der Waals surface area contributed by atoms with Gasteiger partial charge in [-0.1, -0.05) is 50.6 Å². The number of nitrogens with zero attached hydrogens (tertiary/aromatic N) is 1. The number of hydrogen-bond acceptors (Lipinski definition) is 3. The van der Waals surface area contributed by atoms with Crippen molar-refractivity contribution >= 4 is 6.09 Å². The summed E-state index contributed by atoms with van der Waals surface area (Å²) in [4.78, 5) is 14.8. The van der Waals surface area contributed by atoms with E-state index in [1.165, 1.54) is 25.8 Å². The van der Waals surface area contributed by atoms with Gasteiger partial charge in [0, 0.05) is 25.2 Å². The van der Waals surface area contributed by atoms with E-state index >= 15 is 0 Å². The zero-order valence-electron chi connectivity index (χ0n) is 14.9. The Morgan fingerprint density at radius 3 is 2.62 bits per heavy atom. The Labute approximate surface area is 145 Å². The number of benzene rings is 1. The fourth-order valence-corrected chi connectivity index (χ4v) is 3.74. The molecule has 2 unspecified atom stereocenters. The van der Waals surface area contributed by atoms with E-state index < -0.39 is 0 Å². The Kier molecular flexibility index (Phi) is 5.77. The van der Waals surface area contributed by atoms with Crippen molar-refractivity contribution < 1.29 is 9.53 Å². The van der Waals surface area contributed by atoms with E-state index in [1.54, 1.807) is 0 Å². The first kappa shape index (κ1) is 17.3. The van der Waals surface area contributed by atoms with Crippen molar-refractivity contribution in [3.05, 3.63) is 35.9 Å². The number of carbonyl (C=O) groups excluding carboxylic acids is 1. The summed E-state index contributed by atoms with van der Waals surface area (Å²) in [6, 6.07) is 10.8. The molecule has 1 heterocycles. The summed E-state index contributed by atoms with van der Waals surface area (Å²) in [6.07, 6.45) is 4.75. The summed E-state index contributed by atoms with van der Waals surface area (Å²) in [6.45, 7) is 7.06. The van der Waals surface area contributed by atoms with Crippen molar-refractivity contribution in [1.82, 2.24) is 10.2 Å². The van der Waals surface area contributed by atoms with Crippen molar-refractivity contribution in [2.45, 2.75) is 58.2 Å². The third-order valence-corrected chi connectivity index (χ3v) is 5.58. The molecule has 1 N–H and O–H groups in total. The predicted octanol–water partition coefficient (Wildman–Crippen LogP) is 3.81. The minimum atomic E-state index is -0.290. The number of hydrogen-bond donors (Lipinski definition) is 1. The number of nitrogens with one attached hydrogen (secondary N) is 1.